The second kappa shape index (κ2) is 8.18. The van der Waals surface area contributed by atoms with E-state index in [1.807, 2.05) is 23.7 Å². The van der Waals surface area contributed by atoms with Crippen molar-refractivity contribution in [3.63, 3.8) is 0 Å². The number of aryl methyl sites for hydroxylation is 1. The Bertz CT molecular complexity index is 1590. The van der Waals surface area contributed by atoms with Crippen LogP contribution >= 0.6 is 11.6 Å². The molecule has 0 aliphatic heterocycles. The normalized spacial score (nSPS) is 11.9. The van der Waals surface area contributed by atoms with Gasteiger partial charge < -0.3 is 9.88 Å². The number of aromatic nitrogens is 4. The van der Waals surface area contributed by atoms with Crippen molar-refractivity contribution in [1.29, 1.82) is 0 Å². The van der Waals surface area contributed by atoms with Crippen LogP contribution < -0.4 is 10.9 Å². The fourth-order valence-corrected chi connectivity index (χ4v) is 3.94. The molecule has 0 aliphatic rings. The van der Waals surface area contributed by atoms with Crippen molar-refractivity contribution in [3.8, 4) is 16.8 Å². The van der Waals surface area contributed by atoms with Gasteiger partial charge in [0.15, 0.2) is 0 Å². The first-order valence-corrected chi connectivity index (χ1v) is 10.6. The molecule has 34 heavy (non-hydrogen) atoms. The molecule has 1 N–H and O–H groups in total. The van der Waals surface area contributed by atoms with Gasteiger partial charge in [0.25, 0.3) is 5.56 Å². The standard InChI is InChI=1S/C24H17ClF3N5O/c1-32-13-30-18-8-7-17(10-19(18)32)33-11-15-4-9-20(29-12-24(26,27)28)31-22(15)21(23(33)34)14-2-5-16(25)6-3-14/h2-11,13H,12H2,1H3,(H,29,31). The zero-order valence-corrected chi connectivity index (χ0v) is 18.5. The van der Waals surface area contributed by atoms with Gasteiger partial charge in [0.05, 0.1) is 34.1 Å². The van der Waals surface area contributed by atoms with Gasteiger partial charge in [0.2, 0.25) is 0 Å². The minimum atomic E-state index is -4.40. The average molecular weight is 484 g/mol. The number of fused-ring (bicyclic) bond motifs is 2. The first kappa shape index (κ1) is 22.0. The van der Waals surface area contributed by atoms with E-state index in [1.165, 1.54) is 10.6 Å². The maximum Gasteiger partial charge on any atom is 0.405 e. The number of benzene rings is 2. The molecule has 5 aromatic rings. The van der Waals surface area contributed by atoms with Crippen molar-refractivity contribution < 1.29 is 13.2 Å². The van der Waals surface area contributed by atoms with Crippen LogP contribution in [0.2, 0.25) is 5.02 Å². The average Bonchev–Trinajstić information content (AvgIpc) is 3.18. The number of hydrogen-bond acceptors (Lipinski definition) is 4. The van der Waals surface area contributed by atoms with Gasteiger partial charge in [-0.1, -0.05) is 23.7 Å². The van der Waals surface area contributed by atoms with E-state index >= 15 is 0 Å². The summed E-state index contributed by atoms with van der Waals surface area (Å²) in [5.41, 5.74) is 3.00. The second-order valence-corrected chi connectivity index (χ2v) is 8.25. The highest BCUT2D eigenvalue weighted by Gasteiger charge is 2.27. The highest BCUT2D eigenvalue weighted by molar-refractivity contribution is 6.30. The summed E-state index contributed by atoms with van der Waals surface area (Å²) in [6, 6.07) is 15.2. The number of nitrogens with zero attached hydrogens (tertiary/aromatic N) is 4. The highest BCUT2D eigenvalue weighted by Crippen LogP contribution is 2.28. The van der Waals surface area contributed by atoms with Crippen molar-refractivity contribution in [2.45, 2.75) is 6.18 Å². The van der Waals surface area contributed by atoms with Gasteiger partial charge in [-0.15, -0.1) is 0 Å². The molecule has 0 radical (unpaired) electrons. The Hall–Kier alpha value is -3.85. The molecular formula is C24H17ClF3N5O. The Morgan fingerprint density at radius 3 is 2.56 bits per heavy atom. The third-order valence-corrected chi connectivity index (χ3v) is 5.71. The quantitative estimate of drug-likeness (QED) is 0.363. The Morgan fingerprint density at radius 2 is 1.82 bits per heavy atom. The van der Waals surface area contributed by atoms with Gasteiger partial charge in [-0.3, -0.25) is 9.36 Å². The number of pyridine rings is 2. The SMILES string of the molecule is Cn1cnc2ccc(-n3cc4ccc(NCC(F)(F)F)nc4c(-c4ccc(Cl)cc4)c3=O)cc21. The number of rotatable bonds is 4. The maximum absolute atomic E-state index is 13.7. The maximum atomic E-state index is 13.7. The van der Waals surface area contributed by atoms with Crippen LogP contribution in [0.4, 0.5) is 19.0 Å². The Balaban J connectivity index is 1.74. The lowest BCUT2D eigenvalue weighted by Crippen LogP contribution is -2.22. The molecule has 0 aliphatic carbocycles. The van der Waals surface area contributed by atoms with E-state index in [-0.39, 0.29) is 22.5 Å². The van der Waals surface area contributed by atoms with E-state index in [9.17, 15) is 18.0 Å². The number of nitrogens with one attached hydrogen (secondary N) is 1. The third kappa shape index (κ3) is 4.10. The van der Waals surface area contributed by atoms with Crippen LogP contribution in [0, 0.1) is 0 Å². The molecule has 5 rings (SSSR count). The van der Waals surface area contributed by atoms with E-state index in [0.29, 0.717) is 21.7 Å². The smallest absolute Gasteiger partial charge is 0.361 e. The molecule has 0 amide bonds. The molecule has 3 aromatic heterocycles. The first-order valence-electron chi connectivity index (χ1n) is 10.2. The zero-order valence-electron chi connectivity index (χ0n) is 17.8. The molecule has 0 unspecified atom stereocenters. The van der Waals surface area contributed by atoms with Crippen molar-refractivity contribution >= 4 is 39.4 Å². The molecule has 172 valence electrons. The fourth-order valence-electron chi connectivity index (χ4n) is 3.82. The molecule has 0 atom stereocenters. The molecule has 2 aromatic carbocycles. The van der Waals surface area contributed by atoms with Crippen LogP contribution in [0.25, 0.3) is 38.8 Å². The van der Waals surface area contributed by atoms with Gasteiger partial charge in [0.1, 0.15) is 12.4 Å². The van der Waals surface area contributed by atoms with Crippen molar-refractivity contribution in [2.75, 3.05) is 11.9 Å². The number of imidazole rings is 1. The number of alkyl halides is 3. The molecule has 0 fully saturated rings. The summed E-state index contributed by atoms with van der Waals surface area (Å²) in [5, 5.41) is 3.36. The minimum Gasteiger partial charge on any atom is -0.361 e. The van der Waals surface area contributed by atoms with Crippen LogP contribution in [0.1, 0.15) is 0 Å². The zero-order chi connectivity index (χ0) is 24.0. The summed E-state index contributed by atoms with van der Waals surface area (Å²) in [6.07, 6.45) is -1.07. The highest BCUT2D eigenvalue weighted by atomic mass is 35.5. The van der Waals surface area contributed by atoms with Crippen molar-refractivity contribution in [3.05, 3.63) is 82.5 Å². The van der Waals surface area contributed by atoms with Crippen molar-refractivity contribution in [2.24, 2.45) is 7.05 Å². The van der Waals surface area contributed by atoms with E-state index in [4.69, 9.17) is 11.6 Å². The summed E-state index contributed by atoms with van der Waals surface area (Å²) >= 11 is 6.03. The van der Waals surface area contributed by atoms with Crippen LogP contribution in [0.5, 0.6) is 0 Å². The lowest BCUT2D eigenvalue weighted by atomic mass is 10.0. The molecule has 3 heterocycles. The predicted molar refractivity (Wildman–Crippen MR) is 127 cm³/mol. The Morgan fingerprint density at radius 1 is 1.06 bits per heavy atom. The van der Waals surface area contributed by atoms with Gasteiger partial charge in [0, 0.05) is 23.7 Å². The monoisotopic (exact) mass is 483 g/mol. The minimum absolute atomic E-state index is 0.0218. The molecule has 0 spiro atoms. The Kier molecular flexibility index (Phi) is 5.28. The third-order valence-electron chi connectivity index (χ3n) is 5.45. The number of halogens is 4. The van der Waals surface area contributed by atoms with Gasteiger partial charge in [-0.2, -0.15) is 13.2 Å². The first-order chi connectivity index (χ1) is 16.2. The Labute approximate surface area is 196 Å². The summed E-state index contributed by atoms with van der Waals surface area (Å²) in [5.74, 6) is 0.0218. The van der Waals surface area contributed by atoms with Crippen LogP contribution in [0.3, 0.4) is 0 Å². The van der Waals surface area contributed by atoms with E-state index in [2.05, 4.69) is 15.3 Å². The van der Waals surface area contributed by atoms with Crippen LogP contribution in [-0.2, 0) is 7.05 Å². The molecule has 6 nitrogen and oxygen atoms in total. The molecule has 0 bridgehead atoms. The summed E-state index contributed by atoms with van der Waals surface area (Å²) < 4.78 is 41.4. The van der Waals surface area contributed by atoms with Crippen molar-refractivity contribution in [1.82, 2.24) is 19.1 Å². The molecular weight excluding hydrogens is 467 g/mol. The predicted octanol–water partition coefficient (Wildman–Crippen LogP) is 5.57. The van der Waals surface area contributed by atoms with Gasteiger partial charge in [-0.25, -0.2) is 9.97 Å². The van der Waals surface area contributed by atoms with E-state index in [1.54, 1.807) is 48.9 Å². The topological polar surface area (TPSA) is 64.7 Å². The number of anilines is 1. The second-order valence-electron chi connectivity index (χ2n) is 7.82. The summed E-state index contributed by atoms with van der Waals surface area (Å²) in [6.45, 7) is -1.23. The molecule has 0 saturated carbocycles. The molecule has 10 heteroatoms. The van der Waals surface area contributed by atoms with Crippen LogP contribution in [0.15, 0.2) is 71.9 Å². The summed E-state index contributed by atoms with van der Waals surface area (Å²) in [7, 11) is 1.86. The van der Waals surface area contributed by atoms with E-state index in [0.717, 1.165) is 11.0 Å². The van der Waals surface area contributed by atoms with Crippen LogP contribution in [-0.4, -0.2) is 31.8 Å². The largest absolute Gasteiger partial charge is 0.405 e. The molecule has 0 saturated heterocycles. The fraction of sp³-hybridized carbons (Fsp3) is 0.125. The van der Waals surface area contributed by atoms with E-state index < -0.39 is 12.7 Å². The van der Waals surface area contributed by atoms with Gasteiger partial charge >= 0.3 is 6.18 Å². The summed E-state index contributed by atoms with van der Waals surface area (Å²) in [4.78, 5) is 22.4. The van der Waals surface area contributed by atoms with Gasteiger partial charge in [-0.05, 0) is 48.0 Å². The lowest BCUT2D eigenvalue weighted by molar-refractivity contribution is -0.115. The number of hydrogen-bond donors (Lipinski definition) is 1. The lowest BCUT2D eigenvalue weighted by Gasteiger charge is -2.14.